The molecular formula is C106H188N12O11S14. The molecule has 143 heavy (non-hydrogen) atoms. The third kappa shape index (κ3) is 81.5. The van der Waals surface area contributed by atoms with Crippen LogP contribution in [0.4, 0.5) is 0 Å². The minimum atomic E-state index is -1.01. The number of hydrogen-bond donors (Lipinski definition) is 11. The van der Waals surface area contributed by atoms with E-state index in [9.17, 15) is 43.2 Å². The molecular weight excluding hydrogens is 2070 g/mol. The van der Waals surface area contributed by atoms with Gasteiger partial charge in [-0.1, -0.05) is 432 Å². The van der Waals surface area contributed by atoms with Gasteiger partial charge >= 0.3 is 11.9 Å². The molecule has 0 fully saturated rings. The van der Waals surface area contributed by atoms with Gasteiger partial charge in [0.15, 0.2) is 40.5 Å². The van der Waals surface area contributed by atoms with E-state index in [0.29, 0.717) is 59.0 Å². The average Bonchev–Trinajstić information content (AvgIpc) is 0.858. The van der Waals surface area contributed by atoms with E-state index in [4.69, 9.17) is 21.7 Å². The number of Topliss-reactive ketones (excluding diaryl/α,β-unsaturated/α-hetero) is 7. The van der Waals surface area contributed by atoms with Crippen LogP contribution in [0, 0.1) is 41.4 Å². The maximum atomic E-state index is 12.2. The number of carboxylic acids is 2. The lowest BCUT2D eigenvalue weighted by atomic mass is 10.0. The second-order valence-electron chi connectivity index (χ2n) is 36.3. The van der Waals surface area contributed by atoms with E-state index in [1.807, 2.05) is 265 Å². The molecule has 23 nitrogen and oxygen atoms in total. The summed E-state index contributed by atoms with van der Waals surface area (Å²) >= 11 is 0. The van der Waals surface area contributed by atoms with E-state index in [1.165, 1.54) is 57.9 Å². The third-order valence-electron chi connectivity index (χ3n) is 17.9. The van der Waals surface area contributed by atoms with Crippen LogP contribution in [0.5, 0.6) is 0 Å². The van der Waals surface area contributed by atoms with Gasteiger partial charge in [0.2, 0.25) is 0 Å². The number of aliphatic carboxylic acids is 2. The fraction of sp³-hybridized carbons (Fsp3) is 0.660. The van der Waals surface area contributed by atoms with Crippen molar-refractivity contribution in [3.8, 4) is 0 Å². The molecule has 2 aromatic carbocycles. The number of aromatic nitrogens is 3. The SMILES string of the molecule is CC.CC.CC.CC.CC(C)NC(CSSC(C)(C)C(N)C(=O)O)C(=O)C(C)C.CC(C)NC(CSSCC(N)C(=O)O)C(=O)C(C)C.CC(C)NC(CSSc1ccccc1)C(=O)C(C)C.CC(C)NC(CSSc1ccccc1)C(=O)C(C)C.CC(C)NC(CSSc1ccccn1)C(=O)C(C)C.CC(C)NC(CSSc1cccnc1)C(=O)C(C)C.CC(C)NC(CSSc1ccncc1)C(=O)C(C)C. The summed E-state index contributed by atoms with van der Waals surface area (Å²) in [6, 6.07) is 33.8. The molecule has 0 saturated carbocycles. The second kappa shape index (κ2) is 93.8. The quantitative estimate of drug-likeness (QED) is 0.0127. The molecule has 5 rings (SSSR count). The van der Waals surface area contributed by atoms with Crippen LogP contribution in [0.25, 0.3) is 0 Å². The molecule has 0 radical (unpaired) electrons. The minimum Gasteiger partial charge on any atom is -0.480 e. The molecule has 0 bridgehead atoms. The molecule has 0 spiro atoms. The van der Waals surface area contributed by atoms with Crippen LogP contribution in [-0.2, 0) is 43.2 Å². The molecule has 3 aromatic heterocycles. The van der Waals surface area contributed by atoms with Crippen LogP contribution in [-0.4, -0.2) is 225 Å². The number of ketones is 7. The molecule has 5 aromatic rings. The number of carbonyl (C=O) groups is 9. The number of rotatable bonds is 60. The zero-order valence-electron chi connectivity index (χ0n) is 93.4. The van der Waals surface area contributed by atoms with Crippen molar-refractivity contribution in [2.45, 2.75) is 389 Å². The highest BCUT2D eigenvalue weighted by molar-refractivity contribution is 8.78. The van der Waals surface area contributed by atoms with Gasteiger partial charge in [0.25, 0.3) is 0 Å². The lowest BCUT2D eigenvalue weighted by Crippen LogP contribution is -2.47. The number of carbonyl (C=O) groups excluding carboxylic acids is 7. The zero-order valence-corrected chi connectivity index (χ0v) is 105. The Labute approximate surface area is 922 Å². The highest BCUT2D eigenvalue weighted by Crippen LogP contribution is 2.39. The van der Waals surface area contributed by atoms with Gasteiger partial charge in [0.1, 0.15) is 17.1 Å². The summed E-state index contributed by atoms with van der Waals surface area (Å²) in [6.07, 6.45) is 8.96. The Hall–Kier alpha value is -2.94. The molecule has 822 valence electrons. The summed E-state index contributed by atoms with van der Waals surface area (Å²) in [5.74, 6) is 5.61. The zero-order chi connectivity index (χ0) is 111. The number of benzene rings is 2. The Kier molecular flexibility index (Phi) is 98.9. The smallest absolute Gasteiger partial charge is 0.321 e. The summed E-state index contributed by atoms with van der Waals surface area (Å²) in [4.78, 5) is 123. The minimum absolute atomic E-state index is 0.0110. The maximum Gasteiger partial charge on any atom is 0.321 e. The number of carboxylic acid groups (broad SMARTS) is 2. The van der Waals surface area contributed by atoms with Gasteiger partial charge in [-0.05, 0) is 85.3 Å². The lowest BCUT2D eigenvalue weighted by Gasteiger charge is -2.28. The first kappa shape index (κ1) is 151. The first-order chi connectivity index (χ1) is 67.3. The summed E-state index contributed by atoms with van der Waals surface area (Å²) in [5.41, 5.74) is 11.1. The summed E-state index contributed by atoms with van der Waals surface area (Å²) in [5, 5.41) is 41.9. The molecule has 9 atom stereocenters. The highest BCUT2D eigenvalue weighted by atomic mass is 33.1. The Morgan fingerprint density at radius 2 is 0.524 bits per heavy atom. The van der Waals surface area contributed by atoms with E-state index < -0.39 is 28.8 Å². The number of nitrogens with one attached hydrogen (secondary N) is 7. The Balaban J connectivity index is -0.000000378. The molecule has 13 N–H and O–H groups in total. The highest BCUT2D eigenvalue weighted by Gasteiger charge is 2.35. The van der Waals surface area contributed by atoms with Crippen LogP contribution in [0.3, 0.4) is 0 Å². The van der Waals surface area contributed by atoms with Crippen molar-refractivity contribution < 1.29 is 53.4 Å². The van der Waals surface area contributed by atoms with Crippen LogP contribution < -0.4 is 48.7 Å². The van der Waals surface area contributed by atoms with E-state index in [-0.39, 0.29) is 125 Å². The van der Waals surface area contributed by atoms with Crippen molar-refractivity contribution in [1.29, 1.82) is 0 Å². The largest absolute Gasteiger partial charge is 0.480 e. The fourth-order valence-corrected chi connectivity index (χ4v) is 27.0. The van der Waals surface area contributed by atoms with Crippen molar-refractivity contribution >= 4 is 204 Å². The van der Waals surface area contributed by atoms with Gasteiger partial charge in [-0.3, -0.25) is 53.1 Å². The first-order valence-electron chi connectivity index (χ1n) is 50.1. The summed E-state index contributed by atoms with van der Waals surface area (Å²) in [6.45, 7) is 75.5. The number of nitrogens with zero attached hydrogens (tertiary/aromatic N) is 3. The monoisotopic (exact) mass is 2250 g/mol. The molecule has 0 amide bonds. The van der Waals surface area contributed by atoms with Crippen LogP contribution in [0.15, 0.2) is 159 Å². The normalized spacial score (nSPS) is 13.0. The number of nitrogens with two attached hydrogens (primary N) is 2. The molecule has 0 saturated heterocycles. The average molecular weight is 2260 g/mol. The Bertz CT molecular complexity index is 3540. The van der Waals surface area contributed by atoms with E-state index >= 15 is 0 Å². The molecule has 0 aliphatic heterocycles. The van der Waals surface area contributed by atoms with E-state index in [2.05, 4.69) is 146 Å². The van der Waals surface area contributed by atoms with Gasteiger partial charge in [-0.25, -0.2) is 4.98 Å². The topological polar surface area (TPSA) is 369 Å². The maximum absolute atomic E-state index is 12.2. The third-order valence-corrected chi connectivity index (χ3v) is 35.5. The van der Waals surface area contributed by atoms with Crippen molar-refractivity contribution in [2.75, 3.05) is 46.0 Å². The van der Waals surface area contributed by atoms with Gasteiger partial charge in [-0.2, -0.15) is 0 Å². The summed E-state index contributed by atoms with van der Waals surface area (Å²) in [7, 11) is 22.8. The molecule has 9 unspecified atom stereocenters. The predicted molar refractivity (Wildman–Crippen MR) is 646 cm³/mol. The Morgan fingerprint density at radius 3 is 0.769 bits per heavy atom. The van der Waals surface area contributed by atoms with E-state index in [0.717, 1.165) is 38.7 Å². The standard InChI is InChI=1S/2C15H23NOS2.C14H28N2O3S2.3C14H22N2OS2.C12H24N2O3S2.4C2H6/c2*1-11(2)15(17)14(16-12(3)4)10-18-19-13-8-6-5-7-9-13;1-8(2)11(17)10(16-9(3)4)7-20-21-14(5,6)12(15)13(18)19;1-10(2)14(17)13(16-11(3)4)9-18-19-12-5-7-15-8-6-12;1-10(2)14(17)13(16-11(3)4)9-18-19-12-6-5-7-15-8-12;1-10(2)14(17)12(16-11(3)4)9-18-19-13-7-5-6-8-15-13;1-7(2)11(15)10(14-8(3)4)6-19-18-5-9(13)12(16)17;4*1-2/h2*5-9,11-12,14,16H,10H2,1-4H3;8-10,12,16H,7,15H2,1-6H3,(H,18,19);2*5-8,10-11,13,16H,9H2,1-4H3;5-8,10-12,16H,9H2,1-4H3;7-10,14H,5-6,13H2,1-4H3,(H,16,17);4*1-2H3. The van der Waals surface area contributed by atoms with E-state index in [1.54, 1.807) is 147 Å². The van der Waals surface area contributed by atoms with Crippen LogP contribution >= 0.6 is 151 Å². The molecule has 3 heterocycles. The van der Waals surface area contributed by atoms with Crippen LogP contribution in [0.2, 0.25) is 0 Å². The van der Waals surface area contributed by atoms with Gasteiger partial charge < -0.3 is 58.9 Å². The van der Waals surface area contributed by atoms with Crippen molar-refractivity contribution in [3.05, 3.63) is 134 Å². The fourth-order valence-electron chi connectivity index (χ4n) is 11.0. The van der Waals surface area contributed by atoms with Gasteiger partial charge in [0, 0.05) is 185 Å². The second-order valence-corrected chi connectivity index (χ2v) is 53.9. The number of pyridine rings is 3. The molecule has 0 aliphatic rings. The lowest BCUT2D eigenvalue weighted by molar-refractivity contribution is -0.139. The van der Waals surface area contributed by atoms with Crippen molar-refractivity contribution in [3.63, 3.8) is 0 Å². The predicted octanol–water partition coefficient (Wildman–Crippen LogP) is 25.9. The van der Waals surface area contributed by atoms with Crippen LogP contribution in [0.1, 0.15) is 263 Å². The number of hydrogen-bond acceptors (Lipinski definition) is 35. The Morgan fingerprint density at radius 1 is 0.280 bits per heavy atom. The molecule has 37 heteroatoms. The first-order valence-corrected chi connectivity index (χ1v) is 66.5. The van der Waals surface area contributed by atoms with Gasteiger partial charge in [-0.15, -0.1) is 0 Å². The van der Waals surface area contributed by atoms with Crippen molar-refractivity contribution in [1.82, 2.24) is 52.2 Å². The summed E-state index contributed by atoms with van der Waals surface area (Å²) < 4.78 is -0.597. The van der Waals surface area contributed by atoms with Gasteiger partial charge in [0.05, 0.1) is 42.3 Å². The van der Waals surface area contributed by atoms with Crippen molar-refractivity contribution in [2.24, 2.45) is 52.9 Å². The molecule has 0 aliphatic carbocycles.